The van der Waals surface area contributed by atoms with Gasteiger partial charge in [-0.15, -0.1) is 0 Å². The maximum Gasteiger partial charge on any atom is 0.342 e. The van der Waals surface area contributed by atoms with Crippen molar-refractivity contribution in [2.45, 2.75) is 32.6 Å². The van der Waals surface area contributed by atoms with Crippen molar-refractivity contribution in [3.05, 3.63) is 79.4 Å². The molecule has 0 spiro atoms. The second-order valence-corrected chi connectivity index (χ2v) is 6.87. The second kappa shape index (κ2) is 7.75. The molecule has 0 amide bonds. The molecule has 0 radical (unpaired) electrons. The van der Waals surface area contributed by atoms with Crippen LogP contribution in [0.15, 0.2) is 48.8 Å². The van der Waals surface area contributed by atoms with Gasteiger partial charge in [0.1, 0.15) is 23.0 Å². The van der Waals surface area contributed by atoms with Crippen molar-refractivity contribution < 1.29 is 29.3 Å². The largest absolute Gasteiger partial charge is 0.507 e. The van der Waals surface area contributed by atoms with Gasteiger partial charge in [-0.05, 0) is 50.3 Å². The molecule has 0 aliphatic carbocycles. The zero-order valence-electron chi connectivity index (χ0n) is 15.8. The molecule has 29 heavy (non-hydrogen) atoms. The van der Waals surface area contributed by atoms with E-state index in [0.717, 1.165) is 0 Å². The third kappa shape index (κ3) is 4.26. The van der Waals surface area contributed by atoms with Crippen molar-refractivity contribution in [1.82, 2.24) is 0 Å². The fraction of sp³-hybridized carbons (Fsp3) is 0.238. The van der Waals surface area contributed by atoms with Crippen molar-refractivity contribution >= 4 is 0 Å². The highest BCUT2D eigenvalue weighted by atomic mass is 16.4. The fourth-order valence-corrected chi connectivity index (χ4v) is 3.21. The molecule has 8 heteroatoms. The molecule has 1 aromatic carbocycles. The highest BCUT2D eigenvalue weighted by Crippen LogP contribution is 2.34. The molecule has 8 nitrogen and oxygen atoms in total. The Hall–Kier alpha value is -3.68. The molecule has 152 valence electrons. The molecule has 3 aromatic rings. The molecule has 4 N–H and O–H groups in total. The van der Waals surface area contributed by atoms with Crippen LogP contribution in [-0.2, 0) is 12.8 Å². The molecule has 2 aromatic heterocycles. The molecule has 0 saturated carbocycles. The number of rotatable bonds is 5. The summed E-state index contributed by atoms with van der Waals surface area (Å²) >= 11 is 0. The molecule has 0 saturated heterocycles. The first-order valence-electron chi connectivity index (χ1n) is 8.82. The Morgan fingerprint density at radius 3 is 1.62 bits per heavy atom. The first-order chi connectivity index (χ1) is 13.7. The van der Waals surface area contributed by atoms with Crippen molar-refractivity contribution in [2.75, 3.05) is 0 Å². The number of hydrogen-bond acceptors (Lipinski definition) is 8. The van der Waals surface area contributed by atoms with Crippen LogP contribution in [0.1, 0.15) is 34.1 Å². The third-order valence-electron chi connectivity index (χ3n) is 4.67. The highest BCUT2D eigenvalue weighted by Gasteiger charge is 2.23. The third-order valence-corrected chi connectivity index (χ3v) is 4.67. The minimum Gasteiger partial charge on any atom is -0.507 e. The number of benzene rings is 1. The van der Waals surface area contributed by atoms with Gasteiger partial charge in [-0.1, -0.05) is 6.07 Å². The monoisotopic (exact) mass is 400 g/mol. The van der Waals surface area contributed by atoms with Crippen molar-refractivity contribution in [1.29, 1.82) is 0 Å². The van der Waals surface area contributed by atoms with Crippen LogP contribution >= 0.6 is 0 Å². The second-order valence-electron chi connectivity index (χ2n) is 6.87. The van der Waals surface area contributed by atoms with Gasteiger partial charge in [-0.2, -0.15) is 0 Å². The number of phenolic OH excluding ortho intramolecular Hbond substituents is 2. The van der Waals surface area contributed by atoms with E-state index >= 15 is 0 Å². The van der Waals surface area contributed by atoms with Gasteiger partial charge in [0.15, 0.2) is 11.5 Å². The van der Waals surface area contributed by atoms with E-state index in [1.807, 2.05) is 0 Å². The molecule has 0 bridgehead atoms. The summed E-state index contributed by atoms with van der Waals surface area (Å²) in [6, 6.07) is 6.69. The average Bonchev–Trinajstić information content (AvgIpc) is 2.61. The van der Waals surface area contributed by atoms with E-state index in [9.17, 15) is 30.0 Å². The molecule has 3 rings (SSSR count). The van der Waals surface area contributed by atoms with Crippen molar-refractivity contribution in [3.63, 3.8) is 0 Å². The number of hydrogen-bond donors (Lipinski definition) is 4. The molecule has 0 unspecified atom stereocenters. The summed E-state index contributed by atoms with van der Waals surface area (Å²) in [6.07, 6.45) is -0.100. The van der Waals surface area contributed by atoms with Gasteiger partial charge >= 0.3 is 11.3 Å². The molecule has 0 aliphatic rings. The Morgan fingerprint density at radius 2 is 1.21 bits per heavy atom. The molecular weight excluding hydrogens is 380 g/mol. The Balaban J connectivity index is 2.09. The van der Waals surface area contributed by atoms with Crippen LogP contribution in [0.4, 0.5) is 0 Å². The SMILES string of the molecule is Cc1cc(O)c(CC(Cc2c(O)cc(C)oc2=O)c2ccc(O)c(O)c2)c(=O)o1. The van der Waals surface area contributed by atoms with Gasteiger partial charge in [-0.3, -0.25) is 0 Å². The molecule has 0 aliphatic heterocycles. The summed E-state index contributed by atoms with van der Waals surface area (Å²) in [7, 11) is 0. The Labute approximate surface area is 164 Å². The predicted molar refractivity (Wildman–Crippen MR) is 103 cm³/mol. The van der Waals surface area contributed by atoms with Gasteiger partial charge in [-0.25, -0.2) is 9.59 Å². The zero-order valence-corrected chi connectivity index (χ0v) is 15.8. The number of aromatic hydroxyl groups is 4. The van der Waals surface area contributed by atoms with E-state index in [2.05, 4.69) is 0 Å². The summed E-state index contributed by atoms with van der Waals surface area (Å²) in [6.45, 7) is 3.05. The van der Waals surface area contributed by atoms with Crippen molar-refractivity contribution in [2.24, 2.45) is 0 Å². The quantitative estimate of drug-likeness (QED) is 0.479. The smallest absolute Gasteiger partial charge is 0.342 e. The van der Waals surface area contributed by atoms with E-state index in [0.29, 0.717) is 5.56 Å². The lowest BCUT2D eigenvalue weighted by molar-refractivity contribution is 0.400. The summed E-state index contributed by atoms with van der Waals surface area (Å²) < 4.78 is 10.1. The maximum atomic E-state index is 12.2. The van der Waals surface area contributed by atoms with E-state index in [-0.39, 0.29) is 58.5 Å². The predicted octanol–water partition coefficient (Wildman–Crippen LogP) is 2.60. The minimum absolute atomic E-state index is 0.0100. The molecule has 2 heterocycles. The summed E-state index contributed by atoms with van der Waals surface area (Å²) in [4.78, 5) is 24.5. The van der Waals surface area contributed by atoms with Gasteiger partial charge < -0.3 is 29.3 Å². The number of aryl methyl sites for hydroxylation is 2. The van der Waals surface area contributed by atoms with E-state index in [1.54, 1.807) is 0 Å². The zero-order chi connectivity index (χ0) is 21.3. The Kier molecular flexibility index (Phi) is 5.36. The first kappa shape index (κ1) is 20.1. The molecular formula is C21H20O8. The van der Waals surface area contributed by atoms with Crippen LogP contribution in [0.3, 0.4) is 0 Å². The fourth-order valence-electron chi connectivity index (χ4n) is 3.21. The standard InChI is InChI=1S/C21H20O8/c1-10-5-17(23)14(20(26)28-10)7-13(12-3-4-16(22)19(25)9-12)8-15-18(24)6-11(2)29-21(15)27/h3-6,9,13,22-25H,7-8H2,1-2H3. The average molecular weight is 400 g/mol. The summed E-state index contributed by atoms with van der Waals surface area (Å²) in [5.74, 6) is -1.37. The van der Waals surface area contributed by atoms with Gasteiger partial charge in [0.25, 0.3) is 0 Å². The van der Waals surface area contributed by atoms with E-state index in [4.69, 9.17) is 8.83 Å². The van der Waals surface area contributed by atoms with Crippen LogP contribution in [0.25, 0.3) is 0 Å². The minimum atomic E-state index is -0.726. The summed E-state index contributed by atoms with van der Waals surface area (Å²) in [5.41, 5.74) is -1.00. The Bertz CT molecular complexity index is 1100. The topological polar surface area (TPSA) is 141 Å². The van der Waals surface area contributed by atoms with Crippen LogP contribution in [0.5, 0.6) is 23.0 Å². The van der Waals surface area contributed by atoms with Crippen molar-refractivity contribution in [3.8, 4) is 23.0 Å². The lowest BCUT2D eigenvalue weighted by atomic mass is 9.86. The normalized spacial score (nSPS) is 11.1. The molecule has 0 fully saturated rings. The van der Waals surface area contributed by atoms with Gasteiger partial charge in [0.2, 0.25) is 0 Å². The van der Waals surface area contributed by atoms with Crippen LogP contribution < -0.4 is 11.3 Å². The van der Waals surface area contributed by atoms with Crippen LogP contribution in [0.2, 0.25) is 0 Å². The lowest BCUT2D eigenvalue weighted by Gasteiger charge is -2.18. The summed E-state index contributed by atoms with van der Waals surface area (Å²) in [5, 5.41) is 39.8. The Morgan fingerprint density at radius 1 is 0.724 bits per heavy atom. The number of phenols is 2. The highest BCUT2D eigenvalue weighted by molar-refractivity contribution is 5.43. The molecule has 0 atom stereocenters. The van der Waals surface area contributed by atoms with E-state index < -0.39 is 17.2 Å². The maximum absolute atomic E-state index is 12.2. The van der Waals surface area contributed by atoms with Crippen LogP contribution in [-0.4, -0.2) is 20.4 Å². The first-order valence-corrected chi connectivity index (χ1v) is 8.82. The van der Waals surface area contributed by atoms with E-state index in [1.165, 1.54) is 44.2 Å². The van der Waals surface area contributed by atoms with Crippen LogP contribution in [0, 0.1) is 13.8 Å². The van der Waals surface area contributed by atoms with Gasteiger partial charge in [0, 0.05) is 12.1 Å². The van der Waals surface area contributed by atoms with Gasteiger partial charge in [0.05, 0.1) is 11.1 Å². The lowest BCUT2D eigenvalue weighted by Crippen LogP contribution is -2.18.